The number of hydrogen-bond acceptors (Lipinski definition) is 8. The Labute approximate surface area is 504 Å². The van der Waals surface area contributed by atoms with Crippen molar-refractivity contribution in [1.29, 1.82) is 0 Å². The Kier molecular flexibility index (Phi) is 21.7. The molecule has 87 heavy (non-hydrogen) atoms. The smallest absolute Gasteiger partial charge is 0.336 e. The van der Waals surface area contributed by atoms with Gasteiger partial charge in [-0.1, -0.05) is 109 Å². The molecule has 0 spiro atoms. The maximum atomic E-state index is 14.6. The average Bonchev–Trinajstić information content (AvgIpc) is 3.64. The predicted molar refractivity (Wildman–Crippen MR) is 321 cm³/mol. The zero-order valence-electron chi connectivity index (χ0n) is 46.1. The lowest BCUT2D eigenvalue weighted by atomic mass is 10.0. The van der Waals surface area contributed by atoms with Crippen molar-refractivity contribution in [2.75, 3.05) is 22.6 Å². The van der Waals surface area contributed by atoms with Crippen molar-refractivity contribution < 1.29 is 75.5 Å². The third-order valence-electron chi connectivity index (χ3n) is 12.4. The van der Waals surface area contributed by atoms with Crippen LogP contribution in [0.4, 0.5) is 39.0 Å². The normalized spacial score (nSPS) is 10.6. The van der Waals surface area contributed by atoms with E-state index >= 15 is 0 Å². The van der Waals surface area contributed by atoms with Crippen molar-refractivity contribution in [2.45, 2.75) is 33.3 Å². The molecule has 21 heteroatoms. The molecule has 0 saturated heterocycles. The van der Waals surface area contributed by atoms with E-state index in [-0.39, 0.29) is 66.3 Å². The lowest BCUT2D eigenvalue weighted by molar-refractivity contribution is 0.0683. The van der Waals surface area contributed by atoms with E-state index in [1.54, 1.807) is 72.8 Å². The van der Waals surface area contributed by atoms with E-state index in [1.165, 1.54) is 84.9 Å². The lowest BCUT2D eigenvalue weighted by Gasteiger charge is -2.13. The third kappa shape index (κ3) is 16.5. The number of hydrogen-bond donors (Lipinski definition) is 6. The monoisotopic (exact) mass is 1230 g/mol. The minimum absolute atomic E-state index is 0.0321. The Balaban J connectivity index is 0.000000187. The maximum Gasteiger partial charge on any atom is 0.336 e. The Hall–Kier alpha value is -10.4. The Morgan fingerprint density at radius 1 is 0.414 bits per heavy atom. The summed E-state index contributed by atoms with van der Waals surface area (Å²) in [6.45, 7) is 6.23. The van der Waals surface area contributed by atoms with Crippen LogP contribution in [0, 0.1) is 29.1 Å². The molecule has 0 atom stereocenters. The van der Waals surface area contributed by atoms with E-state index < -0.39 is 76.1 Å². The van der Waals surface area contributed by atoms with Crippen LogP contribution in [-0.4, -0.2) is 63.7 Å². The molecule has 9 aromatic rings. The minimum Gasteiger partial charge on any atom is -0.494 e. The molecule has 0 radical (unpaired) electrons. The summed E-state index contributed by atoms with van der Waals surface area (Å²) in [5, 5.41) is 34.6. The molecule has 0 fully saturated rings. The standard InChI is InChI=1S/2C23H19F2NO4.C20H12Cl2FNO3/c1-13(2)30-16-7-5-6-14(10-16)15-11-19(24)21(20(25)12-15)26-22(27)17-8-3-4-9-18(17)23(28)29;1-2-10-30-16-7-5-6-14(11-16)15-12-19(24)21(20(25)13-15)26-22(27)17-8-3-4-9-18(17)23(28)29;21-15-9-11(12-5-3-4-8-17(12)23)10-16(22)18(15)24-19(25)13-6-1-2-7-14(13)20(26)27/h3-13H,1-2H3,(H,26,27)(H,28,29);3-9,11-13H,2,10H2,1H3,(H,26,27)(H,28,29);1-10H,(H,24,25)(H,26,27). The molecule has 0 bridgehead atoms. The summed E-state index contributed by atoms with van der Waals surface area (Å²) in [7, 11) is 0. The van der Waals surface area contributed by atoms with Gasteiger partial charge in [0.15, 0.2) is 0 Å². The quantitative estimate of drug-likeness (QED) is 0.0471. The van der Waals surface area contributed by atoms with Crippen molar-refractivity contribution in [3.8, 4) is 44.9 Å². The number of aromatic carboxylic acids is 3. The fourth-order valence-corrected chi connectivity index (χ4v) is 9.00. The summed E-state index contributed by atoms with van der Waals surface area (Å²) >= 11 is 12.5. The van der Waals surface area contributed by atoms with E-state index in [0.717, 1.165) is 30.7 Å². The number of benzene rings is 9. The molecule has 0 aliphatic carbocycles. The van der Waals surface area contributed by atoms with E-state index in [1.807, 2.05) is 20.8 Å². The van der Waals surface area contributed by atoms with Gasteiger partial charge in [-0.2, -0.15) is 0 Å². The van der Waals surface area contributed by atoms with Crippen LogP contribution in [0.2, 0.25) is 10.0 Å². The predicted octanol–water partition coefficient (Wildman–Crippen LogP) is 16.5. The first-order valence-corrected chi connectivity index (χ1v) is 26.9. The summed E-state index contributed by atoms with van der Waals surface area (Å²) in [5.41, 5.74) is 0.0906. The number of ether oxygens (including phenoxy) is 2. The summed E-state index contributed by atoms with van der Waals surface area (Å²) in [4.78, 5) is 71.2. The number of amides is 3. The molecule has 0 saturated carbocycles. The van der Waals surface area contributed by atoms with E-state index in [2.05, 4.69) is 16.0 Å². The first-order chi connectivity index (χ1) is 41.5. The fraction of sp³-hybridized carbons (Fsp3) is 0.0909. The fourth-order valence-electron chi connectivity index (χ4n) is 8.41. The number of nitrogens with one attached hydrogen (secondary N) is 3. The van der Waals surface area contributed by atoms with Gasteiger partial charge in [0.05, 0.1) is 61.8 Å². The summed E-state index contributed by atoms with van der Waals surface area (Å²) in [5.74, 6) is -9.61. The molecule has 0 aromatic heterocycles. The van der Waals surface area contributed by atoms with Crippen molar-refractivity contribution in [3.63, 3.8) is 0 Å². The molecule has 9 aromatic carbocycles. The van der Waals surface area contributed by atoms with Crippen LogP contribution in [0.1, 0.15) is 89.3 Å². The van der Waals surface area contributed by atoms with Crippen LogP contribution in [0.25, 0.3) is 33.4 Å². The second-order valence-electron chi connectivity index (χ2n) is 18.9. The van der Waals surface area contributed by atoms with E-state index in [0.29, 0.717) is 40.4 Å². The van der Waals surface area contributed by atoms with Gasteiger partial charge in [-0.3, -0.25) is 14.4 Å². The highest BCUT2D eigenvalue weighted by molar-refractivity contribution is 6.40. The number of carbonyl (C=O) groups excluding carboxylic acids is 3. The number of carbonyl (C=O) groups is 6. The van der Waals surface area contributed by atoms with Gasteiger partial charge in [0.2, 0.25) is 0 Å². The second kappa shape index (κ2) is 29.4. The number of halogens is 7. The van der Waals surface area contributed by atoms with Gasteiger partial charge in [-0.25, -0.2) is 36.3 Å². The number of anilines is 3. The van der Waals surface area contributed by atoms with Gasteiger partial charge >= 0.3 is 17.9 Å². The van der Waals surface area contributed by atoms with E-state index in [4.69, 9.17) is 32.7 Å². The molecule has 14 nitrogen and oxygen atoms in total. The van der Waals surface area contributed by atoms with Gasteiger partial charge in [0.25, 0.3) is 17.7 Å². The maximum absolute atomic E-state index is 14.6. The van der Waals surface area contributed by atoms with Gasteiger partial charge in [0.1, 0.15) is 52.0 Å². The average molecular weight is 1230 g/mol. The molecule has 0 aliphatic heterocycles. The van der Waals surface area contributed by atoms with Crippen LogP contribution in [0.5, 0.6) is 11.5 Å². The van der Waals surface area contributed by atoms with Crippen LogP contribution < -0.4 is 25.4 Å². The molecule has 0 aliphatic rings. The topological polar surface area (TPSA) is 218 Å². The lowest BCUT2D eigenvalue weighted by Crippen LogP contribution is -2.18. The highest BCUT2D eigenvalue weighted by atomic mass is 35.5. The van der Waals surface area contributed by atoms with Crippen LogP contribution in [0.3, 0.4) is 0 Å². The Morgan fingerprint density at radius 2 is 0.770 bits per heavy atom. The Bertz CT molecular complexity index is 4020. The molecular weight excluding hydrogens is 1180 g/mol. The Morgan fingerprint density at radius 3 is 1.15 bits per heavy atom. The van der Waals surface area contributed by atoms with Crippen molar-refractivity contribution in [2.24, 2.45) is 0 Å². The van der Waals surface area contributed by atoms with Gasteiger partial charge in [-0.15, -0.1) is 0 Å². The third-order valence-corrected chi connectivity index (χ3v) is 13.0. The summed E-state index contributed by atoms with van der Waals surface area (Å²) in [6.07, 6.45) is 0.771. The number of carboxylic acids is 3. The van der Waals surface area contributed by atoms with Crippen molar-refractivity contribution in [1.82, 2.24) is 0 Å². The van der Waals surface area contributed by atoms with Crippen molar-refractivity contribution in [3.05, 3.63) is 255 Å². The number of rotatable bonds is 17. The van der Waals surface area contributed by atoms with Gasteiger partial charge in [-0.05, 0) is 151 Å². The molecule has 6 N–H and O–H groups in total. The largest absolute Gasteiger partial charge is 0.494 e. The van der Waals surface area contributed by atoms with Gasteiger partial charge in [0, 0.05) is 5.56 Å². The minimum atomic E-state index is -1.32. The molecule has 0 unspecified atom stereocenters. The van der Waals surface area contributed by atoms with Gasteiger partial charge < -0.3 is 40.7 Å². The molecule has 9 rings (SSSR count). The van der Waals surface area contributed by atoms with E-state index in [9.17, 15) is 66.0 Å². The number of carboxylic acid groups (broad SMARTS) is 3. The molecule has 0 heterocycles. The van der Waals surface area contributed by atoms with Crippen molar-refractivity contribution >= 4 is 75.9 Å². The molecule has 444 valence electrons. The highest BCUT2D eigenvalue weighted by Crippen LogP contribution is 2.38. The van der Waals surface area contributed by atoms with Crippen LogP contribution in [0.15, 0.2) is 182 Å². The zero-order chi connectivity index (χ0) is 63.1. The zero-order valence-corrected chi connectivity index (χ0v) is 47.6. The summed E-state index contributed by atoms with van der Waals surface area (Å²) in [6, 6.07) is 43.7. The first-order valence-electron chi connectivity index (χ1n) is 26.2. The SMILES string of the molecule is CC(C)Oc1cccc(-c2cc(F)c(NC(=O)c3ccccc3C(=O)O)c(F)c2)c1.CCCOc1cccc(-c2cc(F)c(NC(=O)c3ccccc3C(=O)O)c(F)c2)c1.O=C(O)c1ccccc1C(=O)Nc1c(Cl)cc(-c2ccccc2F)cc1Cl. The second-order valence-corrected chi connectivity index (χ2v) is 19.7. The van der Waals surface area contributed by atoms with Crippen LogP contribution in [-0.2, 0) is 0 Å². The first kappa shape index (κ1) is 64.2. The summed E-state index contributed by atoms with van der Waals surface area (Å²) < 4.78 is 83.7. The highest BCUT2D eigenvalue weighted by Gasteiger charge is 2.24. The molecular formula is C66H50Cl2F5N3O11. The van der Waals surface area contributed by atoms with Crippen LogP contribution >= 0.6 is 23.2 Å². The molecule has 3 amide bonds.